The van der Waals surface area contributed by atoms with E-state index in [1.165, 1.54) is 4.31 Å². The molecule has 0 aliphatic carbocycles. The van der Waals surface area contributed by atoms with E-state index in [0.29, 0.717) is 17.0 Å². The highest BCUT2D eigenvalue weighted by Gasteiger charge is 2.22. The van der Waals surface area contributed by atoms with Gasteiger partial charge in [-0.3, -0.25) is 0 Å². The Morgan fingerprint density at radius 1 is 1.24 bits per heavy atom. The lowest BCUT2D eigenvalue weighted by Crippen LogP contribution is -2.42. The Morgan fingerprint density at radius 2 is 1.86 bits per heavy atom. The Labute approximate surface area is 128 Å². The minimum Gasteiger partial charge on any atom is -0.382 e. The van der Waals surface area contributed by atoms with Crippen LogP contribution >= 0.6 is 0 Å². The second kappa shape index (κ2) is 6.34. The van der Waals surface area contributed by atoms with Crippen LogP contribution in [0.2, 0.25) is 0 Å². The first-order chi connectivity index (χ1) is 9.80. The molecule has 1 aliphatic heterocycles. The van der Waals surface area contributed by atoms with Crippen molar-refractivity contribution in [2.24, 2.45) is 0 Å². The molecule has 1 N–H and O–H groups in total. The van der Waals surface area contributed by atoms with Gasteiger partial charge >= 0.3 is 0 Å². The van der Waals surface area contributed by atoms with Crippen LogP contribution < -0.4 is 5.32 Å². The average Bonchev–Trinajstić information content (AvgIpc) is 2.43. The zero-order chi connectivity index (χ0) is 15.6. The van der Waals surface area contributed by atoms with Crippen LogP contribution in [0.5, 0.6) is 0 Å². The van der Waals surface area contributed by atoms with Crippen molar-refractivity contribution < 1.29 is 8.42 Å². The molecule has 2 atom stereocenters. The van der Waals surface area contributed by atoms with E-state index in [0.717, 1.165) is 25.1 Å². The van der Waals surface area contributed by atoms with E-state index in [4.69, 9.17) is 0 Å². The lowest BCUT2D eigenvalue weighted by molar-refractivity contribution is 0.190. The van der Waals surface area contributed by atoms with E-state index in [-0.39, 0.29) is 0 Å². The van der Waals surface area contributed by atoms with Crippen LogP contribution in [0.4, 0.5) is 5.69 Å². The number of piperidine rings is 1. The number of hydrogen-bond donors (Lipinski definition) is 1. The van der Waals surface area contributed by atoms with Crippen LogP contribution in [0.25, 0.3) is 0 Å². The topological polar surface area (TPSA) is 52.7 Å². The molecular formula is C15H25N3O2S. The Morgan fingerprint density at radius 3 is 2.38 bits per heavy atom. The third kappa shape index (κ3) is 3.75. The summed E-state index contributed by atoms with van der Waals surface area (Å²) in [6.45, 7) is 3.33. The van der Waals surface area contributed by atoms with Gasteiger partial charge in [0.15, 0.2) is 0 Å². The molecule has 21 heavy (non-hydrogen) atoms. The number of nitrogens with one attached hydrogen (secondary N) is 1. The predicted molar refractivity (Wildman–Crippen MR) is 86.1 cm³/mol. The van der Waals surface area contributed by atoms with Crippen LogP contribution in [-0.4, -0.2) is 57.4 Å². The maximum Gasteiger partial charge on any atom is 0.242 e. The molecule has 0 radical (unpaired) electrons. The van der Waals surface area contributed by atoms with Gasteiger partial charge in [0, 0.05) is 38.4 Å². The number of anilines is 1. The highest BCUT2D eigenvalue weighted by molar-refractivity contribution is 7.89. The maximum absolute atomic E-state index is 12.0. The van der Waals surface area contributed by atoms with Gasteiger partial charge in [0.1, 0.15) is 0 Å². The molecule has 2 unspecified atom stereocenters. The van der Waals surface area contributed by atoms with Crippen LogP contribution in [0, 0.1) is 0 Å². The van der Waals surface area contributed by atoms with Gasteiger partial charge in [0.05, 0.1) is 4.90 Å². The summed E-state index contributed by atoms with van der Waals surface area (Å²) in [4.78, 5) is 2.69. The van der Waals surface area contributed by atoms with Crippen LogP contribution in [-0.2, 0) is 10.0 Å². The summed E-state index contributed by atoms with van der Waals surface area (Å²) in [6.07, 6.45) is 2.22. The zero-order valence-corrected chi connectivity index (χ0v) is 14.0. The lowest BCUT2D eigenvalue weighted by atomic mass is 9.99. The SMILES string of the molecule is CC1CC(Nc2ccc(S(=O)(=O)N(C)C)cc2)CCN1C. The Balaban J connectivity index is 2.03. The minimum absolute atomic E-state index is 0.329. The third-order valence-corrected chi connectivity index (χ3v) is 6.04. The zero-order valence-electron chi connectivity index (χ0n) is 13.2. The molecule has 5 nitrogen and oxygen atoms in total. The van der Waals surface area contributed by atoms with E-state index >= 15 is 0 Å². The molecular weight excluding hydrogens is 286 g/mol. The van der Waals surface area contributed by atoms with Gasteiger partial charge in [-0.15, -0.1) is 0 Å². The van der Waals surface area contributed by atoms with Crippen molar-refractivity contribution >= 4 is 15.7 Å². The molecule has 0 amide bonds. The molecule has 1 aromatic rings. The summed E-state index contributed by atoms with van der Waals surface area (Å²) >= 11 is 0. The first kappa shape index (κ1) is 16.3. The van der Waals surface area contributed by atoms with E-state index < -0.39 is 10.0 Å². The van der Waals surface area contributed by atoms with Gasteiger partial charge in [0.25, 0.3) is 0 Å². The smallest absolute Gasteiger partial charge is 0.242 e. The van der Waals surface area contributed by atoms with Gasteiger partial charge in [-0.05, 0) is 51.1 Å². The van der Waals surface area contributed by atoms with Gasteiger partial charge in [-0.1, -0.05) is 0 Å². The minimum atomic E-state index is -3.34. The fourth-order valence-electron chi connectivity index (χ4n) is 2.59. The second-order valence-electron chi connectivity index (χ2n) is 6.01. The van der Waals surface area contributed by atoms with E-state index in [9.17, 15) is 8.42 Å². The monoisotopic (exact) mass is 311 g/mol. The molecule has 2 rings (SSSR count). The van der Waals surface area contributed by atoms with Gasteiger partial charge in [0.2, 0.25) is 10.0 Å². The molecule has 1 fully saturated rings. The summed E-state index contributed by atoms with van der Waals surface area (Å²) in [5, 5.41) is 3.50. The molecule has 0 saturated carbocycles. The molecule has 0 spiro atoms. The van der Waals surface area contributed by atoms with E-state index in [1.807, 2.05) is 12.1 Å². The highest BCUT2D eigenvalue weighted by atomic mass is 32.2. The van der Waals surface area contributed by atoms with E-state index in [2.05, 4.69) is 24.2 Å². The fourth-order valence-corrected chi connectivity index (χ4v) is 3.49. The third-order valence-electron chi connectivity index (χ3n) is 4.21. The van der Waals surface area contributed by atoms with Gasteiger partial charge in [-0.25, -0.2) is 12.7 Å². The van der Waals surface area contributed by atoms with Crippen molar-refractivity contribution in [1.82, 2.24) is 9.21 Å². The summed E-state index contributed by atoms with van der Waals surface area (Å²) in [5.41, 5.74) is 0.981. The number of benzene rings is 1. The number of sulfonamides is 1. The summed E-state index contributed by atoms with van der Waals surface area (Å²) in [5.74, 6) is 0. The number of hydrogen-bond acceptors (Lipinski definition) is 4. The largest absolute Gasteiger partial charge is 0.382 e. The predicted octanol–water partition coefficient (Wildman–Crippen LogP) is 1.83. The van der Waals surface area contributed by atoms with Crippen LogP contribution in [0.3, 0.4) is 0 Å². The van der Waals surface area contributed by atoms with Crippen molar-refractivity contribution in [3.05, 3.63) is 24.3 Å². The highest BCUT2D eigenvalue weighted by Crippen LogP contribution is 2.21. The summed E-state index contributed by atoms with van der Waals surface area (Å²) in [6, 6.07) is 8.04. The standard InChI is InChI=1S/C15H25N3O2S/c1-12-11-14(9-10-18(12)4)16-13-5-7-15(8-6-13)21(19,20)17(2)3/h5-8,12,14,16H,9-11H2,1-4H3. The normalized spacial score (nSPS) is 24.2. The van der Waals surface area contributed by atoms with Crippen LogP contribution in [0.15, 0.2) is 29.2 Å². The molecule has 0 bridgehead atoms. The van der Waals surface area contributed by atoms with Crippen molar-refractivity contribution in [3.8, 4) is 0 Å². The van der Waals surface area contributed by atoms with Crippen molar-refractivity contribution in [2.75, 3.05) is 33.0 Å². The molecule has 0 aromatic heterocycles. The summed E-state index contributed by atoms with van der Waals surface area (Å²) < 4.78 is 25.3. The van der Waals surface area contributed by atoms with Crippen molar-refractivity contribution in [2.45, 2.75) is 36.7 Å². The molecule has 1 aliphatic rings. The summed E-state index contributed by atoms with van der Waals surface area (Å²) in [7, 11) is 1.90. The molecule has 6 heteroatoms. The van der Waals surface area contributed by atoms with Crippen molar-refractivity contribution in [1.29, 1.82) is 0 Å². The molecule has 1 aromatic carbocycles. The lowest BCUT2D eigenvalue weighted by Gasteiger charge is -2.35. The quantitative estimate of drug-likeness (QED) is 0.922. The molecule has 1 heterocycles. The van der Waals surface area contributed by atoms with Gasteiger partial charge in [-0.2, -0.15) is 0 Å². The first-order valence-corrected chi connectivity index (χ1v) is 8.74. The second-order valence-corrected chi connectivity index (χ2v) is 8.16. The van der Waals surface area contributed by atoms with Crippen LogP contribution in [0.1, 0.15) is 19.8 Å². The average molecular weight is 311 g/mol. The Bertz CT molecular complexity index is 569. The molecule has 118 valence electrons. The number of rotatable bonds is 4. The van der Waals surface area contributed by atoms with Crippen molar-refractivity contribution in [3.63, 3.8) is 0 Å². The first-order valence-electron chi connectivity index (χ1n) is 7.30. The fraction of sp³-hybridized carbons (Fsp3) is 0.600. The number of likely N-dealkylation sites (tertiary alicyclic amines) is 1. The Hall–Kier alpha value is -1.11. The maximum atomic E-state index is 12.0. The molecule has 1 saturated heterocycles. The van der Waals surface area contributed by atoms with E-state index in [1.54, 1.807) is 26.2 Å². The number of nitrogens with zero attached hydrogens (tertiary/aromatic N) is 2. The Kier molecular flexibility index (Phi) is 4.91. The van der Waals surface area contributed by atoms with Gasteiger partial charge < -0.3 is 10.2 Å².